The van der Waals surface area contributed by atoms with E-state index in [2.05, 4.69) is 10.3 Å². The molecule has 1 aliphatic rings. The van der Waals surface area contributed by atoms with Crippen LogP contribution in [0, 0.1) is 12.3 Å². The van der Waals surface area contributed by atoms with Crippen LogP contribution in [0.4, 0.5) is 13.2 Å². The van der Waals surface area contributed by atoms with Crippen molar-refractivity contribution < 1.29 is 23.1 Å². The Morgan fingerprint density at radius 3 is 2.34 bits per heavy atom. The number of nitrogens with zero attached hydrogens (tertiary/aromatic N) is 2. The predicted molar refractivity (Wildman–Crippen MR) is 116 cm³/mol. The number of nitrogens with one attached hydrogen (secondary N) is 1. The fourth-order valence-corrected chi connectivity index (χ4v) is 4.06. The Bertz CT molecular complexity index is 908. The molecule has 2 N–H and O–H groups in total. The van der Waals surface area contributed by atoms with Crippen molar-refractivity contribution in [2.75, 3.05) is 20.6 Å². The van der Waals surface area contributed by atoms with E-state index in [0.29, 0.717) is 18.7 Å². The van der Waals surface area contributed by atoms with Gasteiger partial charge in [-0.2, -0.15) is 13.2 Å². The number of pyridine rings is 1. The van der Waals surface area contributed by atoms with Gasteiger partial charge in [-0.25, -0.2) is 0 Å². The van der Waals surface area contributed by atoms with Gasteiger partial charge in [0.05, 0.1) is 5.41 Å². The summed E-state index contributed by atoms with van der Waals surface area (Å²) >= 11 is 0. The van der Waals surface area contributed by atoms with Crippen LogP contribution in [-0.2, 0) is 11.2 Å². The van der Waals surface area contributed by atoms with E-state index in [-0.39, 0.29) is 31.1 Å². The zero-order chi connectivity index (χ0) is 23.5. The van der Waals surface area contributed by atoms with Crippen molar-refractivity contribution in [1.82, 2.24) is 15.2 Å². The lowest BCUT2D eigenvalue weighted by molar-refractivity contribution is -0.195. The van der Waals surface area contributed by atoms with Gasteiger partial charge < -0.3 is 15.3 Å². The SMILES string of the molecule is Cc1ccc(C(CC(=O)NCC(Cc2ccc(O)cc2)N(C)C)C2(C(F)(F)F)CC2)nc1. The van der Waals surface area contributed by atoms with E-state index in [1.54, 1.807) is 30.5 Å². The van der Waals surface area contributed by atoms with Gasteiger partial charge in [0.15, 0.2) is 0 Å². The van der Waals surface area contributed by atoms with Crippen molar-refractivity contribution in [2.45, 2.75) is 50.7 Å². The molecule has 1 aromatic carbocycles. The van der Waals surface area contributed by atoms with Crippen molar-refractivity contribution in [3.63, 3.8) is 0 Å². The number of phenols is 1. The maximum absolute atomic E-state index is 13.9. The number of aromatic nitrogens is 1. The van der Waals surface area contributed by atoms with E-state index in [0.717, 1.165) is 11.1 Å². The maximum Gasteiger partial charge on any atom is 0.395 e. The standard InChI is InChI=1S/C24H30F3N3O2/c1-16-4-9-21(28-14-16)20(23(10-11-23)24(25,26)27)13-22(32)29-15-18(30(2)3)12-17-5-7-19(31)8-6-17/h4-9,14,18,20,31H,10-13,15H2,1-3H3,(H,29,32). The van der Waals surface area contributed by atoms with E-state index in [1.165, 1.54) is 0 Å². The van der Waals surface area contributed by atoms with Crippen molar-refractivity contribution in [3.8, 4) is 5.75 Å². The molecule has 2 atom stereocenters. The largest absolute Gasteiger partial charge is 0.508 e. The Labute approximate surface area is 186 Å². The molecule has 0 saturated heterocycles. The quantitative estimate of drug-likeness (QED) is 0.602. The zero-order valence-electron chi connectivity index (χ0n) is 18.6. The monoisotopic (exact) mass is 449 g/mol. The molecule has 0 spiro atoms. The average molecular weight is 450 g/mol. The number of alkyl halides is 3. The van der Waals surface area contributed by atoms with Crippen molar-refractivity contribution in [3.05, 3.63) is 59.4 Å². The van der Waals surface area contributed by atoms with Crippen LogP contribution >= 0.6 is 0 Å². The van der Waals surface area contributed by atoms with Crippen molar-refractivity contribution in [1.29, 1.82) is 0 Å². The van der Waals surface area contributed by atoms with Crippen molar-refractivity contribution in [2.24, 2.45) is 5.41 Å². The number of benzene rings is 1. The lowest BCUT2D eigenvalue weighted by Gasteiger charge is -2.29. The molecule has 1 aliphatic carbocycles. The lowest BCUT2D eigenvalue weighted by atomic mass is 9.82. The van der Waals surface area contributed by atoms with Crippen LogP contribution in [0.25, 0.3) is 0 Å². The number of carbonyl (C=O) groups excluding carboxylic acids is 1. The third-order valence-electron chi connectivity index (χ3n) is 6.37. The van der Waals surface area contributed by atoms with Gasteiger partial charge in [0.2, 0.25) is 5.91 Å². The molecule has 2 aromatic rings. The first-order valence-corrected chi connectivity index (χ1v) is 10.7. The van der Waals surface area contributed by atoms with E-state index in [1.807, 2.05) is 38.1 Å². The van der Waals surface area contributed by atoms with E-state index >= 15 is 0 Å². The number of aryl methyl sites for hydroxylation is 1. The number of phenolic OH excluding ortho intramolecular Hbond substituents is 1. The van der Waals surface area contributed by atoms with Gasteiger partial charge in [-0.3, -0.25) is 9.78 Å². The van der Waals surface area contributed by atoms with Crippen LogP contribution in [0.2, 0.25) is 0 Å². The average Bonchev–Trinajstić information content (AvgIpc) is 3.53. The van der Waals surface area contributed by atoms with Gasteiger partial charge in [-0.1, -0.05) is 18.2 Å². The summed E-state index contributed by atoms with van der Waals surface area (Å²) < 4.78 is 41.6. The topological polar surface area (TPSA) is 65.5 Å². The molecule has 1 saturated carbocycles. The first-order valence-electron chi connectivity index (χ1n) is 10.7. The highest BCUT2D eigenvalue weighted by atomic mass is 19.4. The van der Waals surface area contributed by atoms with Gasteiger partial charge in [-0.05, 0) is 69.6 Å². The molecule has 1 heterocycles. The summed E-state index contributed by atoms with van der Waals surface area (Å²) in [5, 5.41) is 12.3. The van der Waals surface area contributed by atoms with E-state index in [4.69, 9.17) is 0 Å². The summed E-state index contributed by atoms with van der Waals surface area (Å²) in [7, 11) is 3.78. The van der Waals surface area contributed by atoms with Crippen molar-refractivity contribution >= 4 is 5.91 Å². The summed E-state index contributed by atoms with van der Waals surface area (Å²) in [5.74, 6) is -1.23. The van der Waals surface area contributed by atoms with Gasteiger partial charge >= 0.3 is 6.18 Å². The second-order valence-corrected chi connectivity index (χ2v) is 8.96. The molecule has 3 rings (SSSR count). The summed E-state index contributed by atoms with van der Waals surface area (Å²) in [5.41, 5.74) is 0.289. The predicted octanol–water partition coefficient (Wildman–Crippen LogP) is 4.20. The highest BCUT2D eigenvalue weighted by Crippen LogP contribution is 2.65. The minimum Gasteiger partial charge on any atom is -0.508 e. The number of aromatic hydroxyl groups is 1. The molecule has 2 unspecified atom stereocenters. The summed E-state index contributed by atoms with van der Waals surface area (Å²) in [6, 6.07) is 10.1. The van der Waals surface area contributed by atoms with Crippen LogP contribution in [0.5, 0.6) is 5.75 Å². The molecule has 0 radical (unpaired) electrons. The summed E-state index contributed by atoms with van der Waals surface area (Å²) in [6.45, 7) is 2.13. The second kappa shape index (κ2) is 9.48. The van der Waals surface area contributed by atoms with Crippen LogP contribution in [0.15, 0.2) is 42.6 Å². The molecular weight excluding hydrogens is 419 g/mol. The molecule has 1 fully saturated rings. The number of amides is 1. The minimum atomic E-state index is -4.38. The zero-order valence-corrected chi connectivity index (χ0v) is 18.6. The molecular formula is C24H30F3N3O2. The first kappa shape index (κ1) is 24.0. The third-order valence-corrected chi connectivity index (χ3v) is 6.37. The molecule has 174 valence electrons. The normalized spacial score (nSPS) is 17.1. The van der Waals surface area contributed by atoms with Gasteiger partial charge in [-0.15, -0.1) is 0 Å². The number of rotatable bonds is 9. The Hall–Kier alpha value is -2.61. The fourth-order valence-electron chi connectivity index (χ4n) is 4.06. The lowest BCUT2D eigenvalue weighted by Crippen LogP contribution is -2.42. The molecule has 0 aliphatic heterocycles. The van der Waals surface area contributed by atoms with Gasteiger partial charge in [0.1, 0.15) is 5.75 Å². The maximum atomic E-state index is 13.9. The Kier molecular flexibility index (Phi) is 7.12. The number of hydrogen-bond acceptors (Lipinski definition) is 4. The molecule has 1 aromatic heterocycles. The molecule has 1 amide bonds. The van der Waals surface area contributed by atoms with Gasteiger partial charge in [0, 0.05) is 36.8 Å². The van der Waals surface area contributed by atoms with Crippen LogP contribution in [0.1, 0.15) is 42.0 Å². The molecule has 5 nitrogen and oxygen atoms in total. The van der Waals surface area contributed by atoms with E-state index in [9.17, 15) is 23.1 Å². The second-order valence-electron chi connectivity index (χ2n) is 8.96. The van der Waals surface area contributed by atoms with Gasteiger partial charge in [0.25, 0.3) is 0 Å². The minimum absolute atomic E-state index is 0.0190. The third kappa shape index (κ3) is 5.59. The highest BCUT2D eigenvalue weighted by Gasteiger charge is 2.67. The Morgan fingerprint density at radius 2 is 1.84 bits per heavy atom. The number of carbonyl (C=O) groups is 1. The highest BCUT2D eigenvalue weighted by molar-refractivity contribution is 5.77. The summed E-state index contributed by atoms with van der Waals surface area (Å²) in [6.07, 6.45) is -2.42. The Balaban J connectivity index is 1.69. The molecule has 0 bridgehead atoms. The molecule has 8 heteroatoms. The van der Waals surface area contributed by atoms with Crippen LogP contribution in [0.3, 0.4) is 0 Å². The smallest absolute Gasteiger partial charge is 0.395 e. The first-order chi connectivity index (χ1) is 15.0. The number of likely N-dealkylation sites (N-methyl/N-ethyl adjacent to an activating group) is 1. The number of halogens is 3. The fraction of sp³-hybridized carbons (Fsp3) is 0.500. The van der Waals surface area contributed by atoms with Crippen LogP contribution < -0.4 is 5.32 Å². The Morgan fingerprint density at radius 1 is 1.19 bits per heavy atom. The van der Waals surface area contributed by atoms with Crippen LogP contribution in [-0.4, -0.2) is 53.8 Å². The number of hydrogen-bond donors (Lipinski definition) is 2. The summed E-state index contributed by atoms with van der Waals surface area (Å²) in [4.78, 5) is 19.0. The molecule has 32 heavy (non-hydrogen) atoms. The van der Waals surface area contributed by atoms with E-state index < -0.39 is 23.4 Å².